The molecule has 4 aromatic heterocycles. The van der Waals surface area contributed by atoms with Gasteiger partial charge in [-0.1, -0.05) is 6.07 Å². The fourth-order valence-electron chi connectivity index (χ4n) is 3.20. The highest BCUT2D eigenvalue weighted by molar-refractivity contribution is 7.17. The number of nitrogens with zero attached hydrogens (tertiary/aromatic N) is 5. The van der Waals surface area contributed by atoms with E-state index in [2.05, 4.69) is 40.9 Å². The van der Waals surface area contributed by atoms with E-state index in [9.17, 15) is 4.79 Å². The van der Waals surface area contributed by atoms with Crippen molar-refractivity contribution in [3.63, 3.8) is 0 Å². The van der Waals surface area contributed by atoms with Gasteiger partial charge in [-0.3, -0.25) is 0 Å². The number of pyridine rings is 1. The molecule has 0 amide bonds. The number of carbonyl (C=O) groups is 1. The van der Waals surface area contributed by atoms with E-state index in [0.717, 1.165) is 23.8 Å². The molecule has 172 valence electrons. The molecule has 1 aliphatic rings. The molecule has 3 N–H and O–H groups in total. The number of ether oxygens (including phenoxy) is 1. The zero-order valence-corrected chi connectivity index (χ0v) is 19.2. The molecular weight excluding hydrogens is 452 g/mol. The third kappa shape index (κ3) is 5.33. The van der Waals surface area contributed by atoms with Gasteiger partial charge < -0.3 is 20.7 Å². The van der Waals surface area contributed by atoms with Gasteiger partial charge in [-0.15, -0.1) is 11.3 Å². The summed E-state index contributed by atoms with van der Waals surface area (Å²) in [6.07, 6.45) is 3.31. The van der Waals surface area contributed by atoms with Crippen LogP contribution >= 0.6 is 11.3 Å². The Morgan fingerprint density at radius 1 is 1.03 bits per heavy atom. The molecule has 0 aliphatic carbocycles. The molecule has 10 nitrogen and oxygen atoms in total. The lowest BCUT2D eigenvalue weighted by Crippen LogP contribution is -2.44. The van der Waals surface area contributed by atoms with E-state index in [1.165, 1.54) is 11.3 Å². The Morgan fingerprint density at radius 2 is 1.85 bits per heavy atom. The maximum atomic E-state index is 12.2. The van der Waals surface area contributed by atoms with E-state index in [-0.39, 0.29) is 5.97 Å². The van der Waals surface area contributed by atoms with Crippen molar-refractivity contribution in [3.8, 4) is 11.5 Å². The summed E-state index contributed by atoms with van der Waals surface area (Å²) in [5, 5.41) is 10.2. The predicted octanol–water partition coefficient (Wildman–Crippen LogP) is 3.56. The van der Waals surface area contributed by atoms with Gasteiger partial charge in [0, 0.05) is 37.1 Å². The van der Waals surface area contributed by atoms with Gasteiger partial charge in [-0.2, -0.15) is 4.98 Å². The summed E-state index contributed by atoms with van der Waals surface area (Å²) in [6.45, 7) is 4.15. The normalized spacial score (nSPS) is 13.2. The first kappa shape index (κ1) is 21.9. The summed E-state index contributed by atoms with van der Waals surface area (Å²) in [6, 6.07) is 12.8. The summed E-state index contributed by atoms with van der Waals surface area (Å²) in [4.78, 5) is 34.8. The van der Waals surface area contributed by atoms with Gasteiger partial charge in [-0.05, 0) is 43.3 Å². The minimum atomic E-state index is -0.316. The van der Waals surface area contributed by atoms with Crippen molar-refractivity contribution >= 4 is 39.9 Å². The highest BCUT2D eigenvalue weighted by Gasteiger charge is 2.20. The van der Waals surface area contributed by atoms with Crippen molar-refractivity contribution in [2.24, 2.45) is 5.92 Å². The fourth-order valence-corrected chi connectivity index (χ4v) is 3.99. The zero-order valence-electron chi connectivity index (χ0n) is 18.4. The Kier molecular flexibility index (Phi) is 6.36. The van der Waals surface area contributed by atoms with Crippen molar-refractivity contribution in [1.29, 1.82) is 0 Å². The van der Waals surface area contributed by atoms with Crippen LogP contribution in [0.2, 0.25) is 0 Å². The molecule has 0 radical (unpaired) electrons. The predicted molar refractivity (Wildman–Crippen MR) is 130 cm³/mol. The summed E-state index contributed by atoms with van der Waals surface area (Å²) < 4.78 is 5.38. The molecule has 1 fully saturated rings. The topological polar surface area (TPSA) is 127 Å². The van der Waals surface area contributed by atoms with Crippen molar-refractivity contribution in [3.05, 3.63) is 65.4 Å². The van der Waals surface area contributed by atoms with Crippen LogP contribution < -0.4 is 16.0 Å². The van der Waals surface area contributed by atoms with Gasteiger partial charge in [0.2, 0.25) is 5.95 Å². The lowest BCUT2D eigenvalue weighted by Gasteiger charge is -2.26. The summed E-state index contributed by atoms with van der Waals surface area (Å²) in [5.74, 6) is 2.15. The molecule has 4 aromatic rings. The van der Waals surface area contributed by atoms with E-state index in [1.54, 1.807) is 36.7 Å². The zero-order chi connectivity index (χ0) is 23.3. The Morgan fingerprint density at radius 3 is 2.65 bits per heavy atom. The quantitative estimate of drug-likeness (QED) is 0.326. The van der Waals surface area contributed by atoms with Gasteiger partial charge >= 0.3 is 5.97 Å². The first-order valence-corrected chi connectivity index (χ1v) is 11.6. The van der Waals surface area contributed by atoms with E-state index >= 15 is 0 Å². The number of rotatable bonds is 8. The molecule has 0 aromatic carbocycles. The third-order valence-electron chi connectivity index (χ3n) is 5.04. The standard InChI is InChI=1S/C23H22N8O2S/c1-14-3-2-4-16(27-14)21-25-9-7-18(29-21)28-19-8-10-26-23(30-19)31-20-6-5-17(34-20)22(32)33-13-15-11-24-12-15/h2-10,15,24H,11-13H2,1H3,(H2,25,26,28,29,30,31). The third-order valence-corrected chi connectivity index (χ3v) is 6.02. The van der Waals surface area contributed by atoms with E-state index in [4.69, 9.17) is 4.74 Å². The van der Waals surface area contributed by atoms with E-state index in [0.29, 0.717) is 46.5 Å². The number of anilines is 4. The number of carbonyl (C=O) groups excluding carboxylic acids is 1. The number of esters is 1. The summed E-state index contributed by atoms with van der Waals surface area (Å²) in [5.41, 5.74) is 1.59. The van der Waals surface area contributed by atoms with Crippen LogP contribution in [-0.2, 0) is 4.74 Å². The summed E-state index contributed by atoms with van der Waals surface area (Å²) >= 11 is 1.29. The molecule has 0 bridgehead atoms. The lowest BCUT2D eigenvalue weighted by atomic mass is 10.1. The maximum absolute atomic E-state index is 12.2. The second kappa shape index (κ2) is 9.89. The number of hydrogen-bond acceptors (Lipinski definition) is 11. The fraction of sp³-hybridized carbons (Fsp3) is 0.217. The van der Waals surface area contributed by atoms with Crippen LogP contribution in [0.25, 0.3) is 11.5 Å². The SMILES string of the molecule is Cc1cccc(-c2nccc(Nc3ccnc(Nc4ccc(C(=O)OCC5CNC5)s4)n3)n2)n1. The Hall–Kier alpha value is -3.96. The van der Waals surface area contributed by atoms with Crippen LogP contribution in [0.4, 0.5) is 22.6 Å². The smallest absolute Gasteiger partial charge is 0.348 e. The number of aromatic nitrogens is 5. The second-order valence-electron chi connectivity index (χ2n) is 7.73. The minimum Gasteiger partial charge on any atom is -0.461 e. The molecule has 0 unspecified atom stereocenters. The molecule has 0 atom stereocenters. The molecule has 0 saturated carbocycles. The molecule has 1 aliphatic heterocycles. The van der Waals surface area contributed by atoms with Crippen molar-refractivity contribution in [1.82, 2.24) is 30.2 Å². The van der Waals surface area contributed by atoms with Gasteiger partial charge in [0.25, 0.3) is 0 Å². The Balaban J connectivity index is 1.23. The van der Waals surface area contributed by atoms with E-state index < -0.39 is 0 Å². The lowest BCUT2D eigenvalue weighted by molar-refractivity contribution is 0.0403. The van der Waals surface area contributed by atoms with Crippen molar-refractivity contribution in [2.45, 2.75) is 6.92 Å². The molecular formula is C23H22N8O2S. The minimum absolute atomic E-state index is 0.316. The van der Waals surface area contributed by atoms with Crippen LogP contribution in [0.5, 0.6) is 0 Å². The number of hydrogen-bond donors (Lipinski definition) is 3. The van der Waals surface area contributed by atoms with Crippen molar-refractivity contribution in [2.75, 3.05) is 30.3 Å². The first-order chi connectivity index (χ1) is 16.6. The second-order valence-corrected chi connectivity index (χ2v) is 8.82. The van der Waals surface area contributed by atoms with Crippen LogP contribution in [0.1, 0.15) is 15.4 Å². The van der Waals surface area contributed by atoms with E-state index in [1.807, 2.05) is 25.1 Å². The summed E-state index contributed by atoms with van der Waals surface area (Å²) in [7, 11) is 0. The van der Waals surface area contributed by atoms with Crippen LogP contribution in [0.15, 0.2) is 54.9 Å². The van der Waals surface area contributed by atoms with Gasteiger partial charge in [0.05, 0.1) is 11.6 Å². The Bertz CT molecular complexity index is 1310. The van der Waals surface area contributed by atoms with Crippen LogP contribution in [0, 0.1) is 12.8 Å². The molecule has 5 heterocycles. The molecule has 1 saturated heterocycles. The Labute approximate surface area is 199 Å². The van der Waals surface area contributed by atoms with Crippen molar-refractivity contribution < 1.29 is 9.53 Å². The van der Waals surface area contributed by atoms with Gasteiger partial charge in [0.15, 0.2) is 5.82 Å². The highest BCUT2D eigenvalue weighted by Crippen LogP contribution is 2.26. The van der Waals surface area contributed by atoms with Gasteiger partial charge in [0.1, 0.15) is 22.2 Å². The maximum Gasteiger partial charge on any atom is 0.348 e. The molecule has 11 heteroatoms. The molecule has 34 heavy (non-hydrogen) atoms. The number of aryl methyl sites for hydroxylation is 1. The largest absolute Gasteiger partial charge is 0.461 e. The van der Waals surface area contributed by atoms with Crippen LogP contribution in [-0.4, -0.2) is 50.6 Å². The monoisotopic (exact) mass is 474 g/mol. The average Bonchev–Trinajstić information content (AvgIpc) is 3.27. The molecule has 5 rings (SSSR count). The molecule has 0 spiro atoms. The first-order valence-electron chi connectivity index (χ1n) is 10.7. The number of thiophene rings is 1. The highest BCUT2D eigenvalue weighted by atomic mass is 32.1. The average molecular weight is 475 g/mol. The van der Waals surface area contributed by atoms with Gasteiger partial charge in [-0.25, -0.2) is 24.7 Å². The number of nitrogens with one attached hydrogen (secondary N) is 3. The van der Waals surface area contributed by atoms with Crippen LogP contribution in [0.3, 0.4) is 0 Å².